The highest BCUT2D eigenvalue weighted by molar-refractivity contribution is 5.86. The van der Waals surface area contributed by atoms with Crippen LogP contribution in [-0.2, 0) is 20.7 Å². The van der Waals surface area contributed by atoms with Gasteiger partial charge in [0.25, 0.3) is 0 Å². The number of carbonyl (C=O) groups excluding carboxylic acids is 1. The standard InChI is InChI=1S/C23H30N2O4/c1-5-14-12-25(2)20-10-16-15-8-6-7-9-18(15)24-21(16)19(28-3)11-17(14)23(20,13-26)22(27)29-4/h5-9,17,19-20,24,26H,10-13H2,1-4H3/b14-5-/t17-,19-,20+,23+/m1/s1. The first-order valence-corrected chi connectivity index (χ1v) is 10.2. The lowest BCUT2D eigenvalue weighted by Crippen LogP contribution is -2.63. The van der Waals surface area contributed by atoms with Crippen LogP contribution >= 0.6 is 0 Å². The Kier molecular flexibility index (Phi) is 5.27. The largest absolute Gasteiger partial charge is 0.468 e. The number of methoxy groups -OCH3 is 2. The van der Waals surface area contributed by atoms with Gasteiger partial charge in [-0.2, -0.15) is 0 Å². The Bertz CT molecular complexity index is 950. The Morgan fingerprint density at radius 1 is 1.38 bits per heavy atom. The molecule has 1 aromatic carbocycles. The van der Waals surface area contributed by atoms with E-state index in [0.29, 0.717) is 12.8 Å². The van der Waals surface area contributed by atoms with Crippen molar-refractivity contribution in [2.24, 2.45) is 11.3 Å². The summed E-state index contributed by atoms with van der Waals surface area (Å²) in [5.74, 6) is -0.505. The second kappa shape index (κ2) is 7.59. The summed E-state index contributed by atoms with van der Waals surface area (Å²) in [6, 6.07) is 8.05. The molecule has 0 unspecified atom stereocenters. The molecule has 2 bridgehead atoms. The predicted octanol–water partition coefficient (Wildman–Crippen LogP) is 2.83. The number of fused-ring (bicyclic) bond motifs is 5. The van der Waals surface area contributed by atoms with E-state index in [1.54, 1.807) is 7.11 Å². The van der Waals surface area contributed by atoms with Gasteiger partial charge in [-0.3, -0.25) is 9.69 Å². The Balaban J connectivity index is 1.99. The van der Waals surface area contributed by atoms with Gasteiger partial charge in [0, 0.05) is 42.2 Å². The summed E-state index contributed by atoms with van der Waals surface area (Å²) in [5.41, 5.74) is 3.41. The summed E-state index contributed by atoms with van der Waals surface area (Å²) in [5, 5.41) is 11.8. The van der Waals surface area contributed by atoms with E-state index < -0.39 is 5.41 Å². The van der Waals surface area contributed by atoms with E-state index in [2.05, 4.69) is 28.1 Å². The molecule has 1 aromatic heterocycles. The van der Waals surface area contributed by atoms with E-state index in [9.17, 15) is 9.90 Å². The summed E-state index contributed by atoms with van der Waals surface area (Å²) < 4.78 is 11.2. The fourth-order valence-corrected chi connectivity index (χ4v) is 5.66. The number of H-pyrrole nitrogens is 1. The molecule has 2 aromatic rings. The van der Waals surface area contributed by atoms with Crippen LogP contribution in [0.5, 0.6) is 0 Å². The minimum Gasteiger partial charge on any atom is -0.468 e. The number of hydrogen-bond acceptors (Lipinski definition) is 5. The molecular weight excluding hydrogens is 368 g/mol. The molecule has 2 N–H and O–H groups in total. The number of aromatic amines is 1. The number of likely N-dealkylation sites (tertiary alicyclic amines) is 1. The number of esters is 1. The average Bonchev–Trinajstić information content (AvgIpc) is 3.10. The average molecular weight is 399 g/mol. The highest BCUT2D eigenvalue weighted by Gasteiger charge is 2.59. The molecule has 6 heteroatoms. The van der Waals surface area contributed by atoms with Gasteiger partial charge >= 0.3 is 5.97 Å². The molecule has 1 aliphatic carbocycles. The van der Waals surface area contributed by atoms with Gasteiger partial charge in [0.15, 0.2) is 0 Å². The maximum Gasteiger partial charge on any atom is 0.316 e. The molecule has 2 aliphatic rings. The number of likely N-dealkylation sites (N-methyl/N-ethyl adjacent to an activating group) is 1. The number of aliphatic hydroxyl groups is 1. The van der Waals surface area contributed by atoms with Gasteiger partial charge in [-0.25, -0.2) is 0 Å². The number of nitrogens with zero attached hydrogens (tertiary/aromatic N) is 1. The van der Waals surface area contributed by atoms with Crippen LogP contribution in [0.15, 0.2) is 35.9 Å². The van der Waals surface area contributed by atoms with Crippen LogP contribution in [0.25, 0.3) is 10.9 Å². The van der Waals surface area contributed by atoms with Crippen molar-refractivity contribution in [3.05, 3.63) is 47.2 Å². The summed E-state index contributed by atoms with van der Waals surface area (Å²) in [6.07, 6.45) is 3.12. The summed E-state index contributed by atoms with van der Waals surface area (Å²) in [6.45, 7) is 2.50. The summed E-state index contributed by atoms with van der Waals surface area (Å²) >= 11 is 0. The molecule has 1 saturated heterocycles. The Morgan fingerprint density at radius 3 is 2.79 bits per heavy atom. The molecule has 0 amide bonds. The number of nitrogens with one attached hydrogen (secondary N) is 1. The zero-order valence-corrected chi connectivity index (χ0v) is 17.6. The molecule has 1 aliphatic heterocycles. The second-order valence-corrected chi connectivity index (χ2v) is 8.26. The normalized spacial score (nSPS) is 31.3. The smallest absolute Gasteiger partial charge is 0.316 e. The van der Waals surface area contributed by atoms with Crippen molar-refractivity contribution >= 4 is 16.9 Å². The number of para-hydroxylation sites is 1. The number of aliphatic hydroxyl groups excluding tert-OH is 1. The van der Waals surface area contributed by atoms with Gasteiger partial charge in [0.2, 0.25) is 0 Å². The SMILES string of the molecule is C/C=C1/CN(C)[C@H]2Cc3c([nH]c4ccccc34)[C@H](OC)C[C@H]1[C@]2(CO)C(=O)OC. The van der Waals surface area contributed by atoms with E-state index in [-0.39, 0.29) is 30.6 Å². The lowest BCUT2D eigenvalue weighted by Gasteiger charge is -2.53. The highest BCUT2D eigenvalue weighted by atomic mass is 16.5. The number of ether oxygens (including phenoxy) is 2. The molecule has 4 atom stereocenters. The number of aromatic nitrogens is 1. The van der Waals surface area contributed by atoms with Gasteiger partial charge in [0.1, 0.15) is 5.41 Å². The Labute approximate surface area is 171 Å². The fourth-order valence-electron chi connectivity index (χ4n) is 5.66. The van der Waals surface area contributed by atoms with Gasteiger partial charge in [-0.05, 0) is 38.4 Å². The zero-order chi connectivity index (χ0) is 20.8. The number of hydrogen-bond donors (Lipinski definition) is 2. The quantitative estimate of drug-likeness (QED) is 0.614. The van der Waals surface area contributed by atoms with E-state index in [4.69, 9.17) is 9.47 Å². The molecule has 0 spiro atoms. The van der Waals surface area contributed by atoms with Crippen molar-refractivity contribution in [1.29, 1.82) is 0 Å². The number of allylic oxidation sites excluding steroid dienone is 1. The molecule has 0 saturated carbocycles. The third-order valence-corrected chi connectivity index (χ3v) is 7.13. The zero-order valence-electron chi connectivity index (χ0n) is 17.6. The van der Waals surface area contributed by atoms with E-state index in [1.807, 2.05) is 26.1 Å². The van der Waals surface area contributed by atoms with Gasteiger partial charge in [-0.15, -0.1) is 0 Å². The van der Waals surface area contributed by atoms with Crippen LogP contribution in [0.3, 0.4) is 0 Å². The van der Waals surface area contributed by atoms with Crippen LogP contribution < -0.4 is 0 Å². The lowest BCUT2D eigenvalue weighted by atomic mass is 9.59. The van der Waals surface area contributed by atoms with Crippen LogP contribution in [0.2, 0.25) is 0 Å². The lowest BCUT2D eigenvalue weighted by molar-refractivity contribution is -0.170. The fraction of sp³-hybridized carbons (Fsp3) is 0.522. The maximum absolute atomic E-state index is 13.2. The number of rotatable bonds is 3. The highest BCUT2D eigenvalue weighted by Crippen LogP contribution is 2.51. The molecule has 29 heavy (non-hydrogen) atoms. The predicted molar refractivity (Wildman–Crippen MR) is 112 cm³/mol. The van der Waals surface area contributed by atoms with Crippen LogP contribution in [0.1, 0.15) is 30.7 Å². The van der Waals surface area contributed by atoms with Crippen molar-refractivity contribution in [3.63, 3.8) is 0 Å². The topological polar surface area (TPSA) is 74.8 Å². The van der Waals surface area contributed by atoms with E-state index >= 15 is 0 Å². The number of piperidine rings is 1. The molecule has 1 fully saturated rings. The minimum atomic E-state index is -1.03. The first kappa shape index (κ1) is 20.1. The van der Waals surface area contributed by atoms with Crippen LogP contribution in [0.4, 0.5) is 0 Å². The molecule has 6 nitrogen and oxygen atoms in total. The van der Waals surface area contributed by atoms with Gasteiger partial charge in [-0.1, -0.05) is 29.8 Å². The Hall–Kier alpha value is -2.15. The van der Waals surface area contributed by atoms with Gasteiger partial charge in [0.05, 0.1) is 19.8 Å². The Morgan fingerprint density at radius 2 is 2.14 bits per heavy atom. The first-order chi connectivity index (χ1) is 14.0. The number of benzene rings is 1. The third-order valence-electron chi connectivity index (χ3n) is 7.13. The maximum atomic E-state index is 13.2. The molecule has 156 valence electrons. The molecule has 4 rings (SSSR count). The molecule has 0 radical (unpaired) electrons. The van der Waals surface area contributed by atoms with Gasteiger partial charge < -0.3 is 19.6 Å². The van der Waals surface area contributed by atoms with Crippen molar-refractivity contribution in [1.82, 2.24) is 9.88 Å². The van der Waals surface area contributed by atoms with Crippen molar-refractivity contribution in [3.8, 4) is 0 Å². The van der Waals surface area contributed by atoms with Crippen molar-refractivity contribution < 1.29 is 19.4 Å². The van der Waals surface area contributed by atoms with Crippen molar-refractivity contribution in [2.75, 3.05) is 34.4 Å². The van der Waals surface area contributed by atoms with E-state index in [0.717, 1.165) is 34.3 Å². The van der Waals surface area contributed by atoms with Crippen molar-refractivity contribution in [2.45, 2.75) is 31.9 Å². The van der Waals surface area contributed by atoms with Crippen LogP contribution in [-0.4, -0.2) is 61.4 Å². The monoisotopic (exact) mass is 398 g/mol. The van der Waals surface area contributed by atoms with E-state index in [1.165, 1.54) is 7.11 Å². The summed E-state index contributed by atoms with van der Waals surface area (Å²) in [7, 11) is 5.15. The molecule has 2 heterocycles. The van der Waals surface area contributed by atoms with Crippen LogP contribution in [0, 0.1) is 11.3 Å². The minimum absolute atomic E-state index is 0.157. The second-order valence-electron chi connectivity index (χ2n) is 8.26. The summed E-state index contributed by atoms with van der Waals surface area (Å²) in [4.78, 5) is 19.0. The molecular formula is C23H30N2O4. The number of carbonyl (C=O) groups is 1. The first-order valence-electron chi connectivity index (χ1n) is 10.2. The third kappa shape index (κ3) is 2.85.